The van der Waals surface area contributed by atoms with Crippen molar-refractivity contribution in [1.82, 2.24) is 15.0 Å². The number of rotatable bonds is 3. The van der Waals surface area contributed by atoms with Crippen molar-refractivity contribution in [2.24, 2.45) is 11.7 Å². The number of hydrogen-bond acceptors (Lipinski definition) is 3. The predicted octanol–water partition coefficient (Wildman–Crippen LogP) is 2.00. The number of nitrogens with one attached hydrogen (secondary N) is 1. The van der Waals surface area contributed by atoms with Gasteiger partial charge >= 0.3 is 0 Å². The third-order valence-electron chi connectivity index (χ3n) is 2.35. The summed E-state index contributed by atoms with van der Waals surface area (Å²) in [5.74, 6) is 1.40. The zero-order valence-corrected chi connectivity index (χ0v) is 9.07. The molecule has 0 fully saturated rings. The fraction of sp³-hybridized carbons (Fsp3) is 0.455. The van der Waals surface area contributed by atoms with Crippen molar-refractivity contribution in [3.63, 3.8) is 0 Å². The summed E-state index contributed by atoms with van der Waals surface area (Å²) in [6.45, 7) is 4.31. The molecule has 0 aliphatic rings. The Hall–Kier alpha value is -1.42. The van der Waals surface area contributed by atoms with Crippen LogP contribution in [0.4, 0.5) is 0 Å². The Morgan fingerprint density at radius 1 is 1.47 bits per heavy atom. The van der Waals surface area contributed by atoms with E-state index >= 15 is 0 Å². The van der Waals surface area contributed by atoms with Gasteiger partial charge in [0.05, 0.1) is 11.6 Å². The predicted molar refractivity (Wildman–Crippen MR) is 60.3 cm³/mol. The van der Waals surface area contributed by atoms with Crippen molar-refractivity contribution in [1.29, 1.82) is 0 Å². The maximum absolute atomic E-state index is 6.04. The van der Waals surface area contributed by atoms with Crippen LogP contribution in [0.2, 0.25) is 0 Å². The topological polar surface area (TPSA) is 67.6 Å². The number of aromatic amines is 1. The molecule has 0 aromatic carbocycles. The van der Waals surface area contributed by atoms with Crippen molar-refractivity contribution >= 4 is 11.2 Å². The van der Waals surface area contributed by atoms with E-state index in [-0.39, 0.29) is 6.04 Å². The van der Waals surface area contributed by atoms with E-state index in [1.807, 2.05) is 12.1 Å². The van der Waals surface area contributed by atoms with Crippen LogP contribution >= 0.6 is 0 Å². The molecule has 0 aliphatic heterocycles. The van der Waals surface area contributed by atoms with Gasteiger partial charge in [-0.3, -0.25) is 0 Å². The van der Waals surface area contributed by atoms with Crippen LogP contribution in [-0.2, 0) is 0 Å². The number of nitrogens with zero attached hydrogens (tertiary/aromatic N) is 2. The first-order valence-corrected chi connectivity index (χ1v) is 5.23. The molecule has 2 heterocycles. The Labute approximate surface area is 88.9 Å². The standard InChI is InChI=1S/C11H16N4/c1-7(2)6-8(12)10-14-9-4-3-5-13-11(9)15-10/h3-5,7-8H,6,12H2,1-2H3,(H,13,14,15). The summed E-state index contributed by atoms with van der Waals surface area (Å²) in [6.07, 6.45) is 2.67. The van der Waals surface area contributed by atoms with Crippen molar-refractivity contribution in [2.75, 3.05) is 0 Å². The summed E-state index contributed by atoms with van der Waals surface area (Å²) in [7, 11) is 0. The molecular weight excluding hydrogens is 188 g/mol. The first-order valence-electron chi connectivity index (χ1n) is 5.23. The van der Waals surface area contributed by atoms with Crippen LogP contribution in [0, 0.1) is 5.92 Å². The van der Waals surface area contributed by atoms with E-state index in [2.05, 4.69) is 28.8 Å². The molecule has 0 bridgehead atoms. The minimum atomic E-state index is -0.0285. The maximum Gasteiger partial charge on any atom is 0.177 e. The summed E-state index contributed by atoms with van der Waals surface area (Å²) in [5.41, 5.74) is 7.73. The normalized spacial score (nSPS) is 13.6. The van der Waals surface area contributed by atoms with E-state index in [0.29, 0.717) is 5.92 Å². The number of fused-ring (bicyclic) bond motifs is 1. The maximum atomic E-state index is 6.04. The van der Waals surface area contributed by atoms with Gasteiger partial charge in [0, 0.05) is 6.20 Å². The van der Waals surface area contributed by atoms with Crippen LogP contribution in [-0.4, -0.2) is 15.0 Å². The lowest BCUT2D eigenvalue weighted by Gasteiger charge is -2.10. The van der Waals surface area contributed by atoms with Gasteiger partial charge in [-0.1, -0.05) is 13.8 Å². The average Bonchev–Trinajstić information content (AvgIpc) is 2.59. The average molecular weight is 204 g/mol. The Balaban J connectivity index is 2.28. The second-order valence-corrected chi connectivity index (χ2v) is 4.23. The van der Waals surface area contributed by atoms with Crippen molar-refractivity contribution < 1.29 is 0 Å². The third-order valence-corrected chi connectivity index (χ3v) is 2.35. The van der Waals surface area contributed by atoms with Crippen molar-refractivity contribution in [3.05, 3.63) is 24.2 Å². The Bertz CT molecular complexity index is 414. The summed E-state index contributed by atoms with van der Waals surface area (Å²) >= 11 is 0. The zero-order chi connectivity index (χ0) is 10.8. The molecule has 0 spiro atoms. The molecule has 1 atom stereocenters. The Kier molecular flexibility index (Phi) is 2.68. The van der Waals surface area contributed by atoms with Crippen LogP contribution in [0.5, 0.6) is 0 Å². The van der Waals surface area contributed by atoms with Crippen molar-refractivity contribution in [2.45, 2.75) is 26.3 Å². The lowest BCUT2D eigenvalue weighted by Crippen LogP contribution is -2.14. The number of H-pyrrole nitrogens is 1. The van der Waals surface area contributed by atoms with Crippen LogP contribution < -0.4 is 5.73 Å². The largest absolute Gasteiger partial charge is 0.339 e. The highest BCUT2D eigenvalue weighted by Gasteiger charge is 2.12. The molecule has 1 unspecified atom stereocenters. The highest BCUT2D eigenvalue weighted by atomic mass is 15.0. The van der Waals surface area contributed by atoms with Gasteiger partial charge in [-0.2, -0.15) is 0 Å². The molecule has 2 aromatic heterocycles. The number of pyridine rings is 1. The first kappa shape index (κ1) is 10.1. The molecule has 0 saturated heterocycles. The smallest absolute Gasteiger partial charge is 0.177 e. The Morgan fingerprint density at radius 2 is 2.27 bits per heavy atom. The summed E-state index contributed by atoms with van der Waals surface area (Å²) in [5, 5.41) is 0. The lowest BCUT2D eigenvalue weighted by molar-refractivity contribution is 0.496. The summed E-state index contributed by atoms with van der Waals surface area (Å²) in [4.78, 5) is 11.7. The molecule has 0 aliphatic carbocycles. The van der Waals surface area contributed by atoms with E-state index < -0.39 is 0 Å². The fourth-order valence-corrected chi connectivity index (χ4v) is 1.66. The molecule has 0 saturated carbocycles. The quantitative estimate of drug-likeness (QED) is 0.803. The van der Waals surface area contributed by atoms with Crippen LogP contribution in [0.15, 0.2) is 18.3 Å². The van der Waals surface area contributed by atoms with Gasteiger partial charge in [0.1, 0.15) is 5.82 Å². The van der Waals surface area contributed by atoms with Crippen LogP contribution in [0.25, 0.3) is 11.2 Å². The lowest BCUT2D eigenvalue weighted by atomic mass is 10.0. The van der Waals surface area contributed by atoms with Crippen LogP contribution in [0.3, 0.4) is 0 Å². The van der Waals surface area contributed by atoms with Gasteiger partial charge in [-0.15, -0.1) is 0 Å². The van der Waals surface area contributed by atoms with E-state index in [9.17, 15) is 0 Å². The van der Waals surface area contributed by atoms with E-state index in [1.165, 1.54) is 0 Å². The summed E-state index contributed by atoms with van der Waals surface area (Å²) < 4.78 is 0. The highest BCUT2D eigenvalue weighted by Crippen LogP contribution is 2.18. The molecule has 0 radical (unpaired) electrons. The number of nitrogens with two attached hydrogens (primary N) is 1. The molecule has 0 amide bonds. The third kappa shape index (κ3) is 2.15. The summed E-state index contributed by atoms with van der Waals surface area (Å²) in [6, 6.07) is 3.82. The first-order chi connectivity index (χ1) is 7.16. The Morgan fingerprint density at radius 3 is 2.93 bits per heavy atom. The highest BCUT2D eigenvalue weighted by molar-refractivity contribution is 5.69. The minimum absolute atomic E-state index is 0.0285. The second kappa shape index (κ2) is 3.98. The van der Waals surface area contributed by atoms with Crippen molar-refractivity contribution in [3.8, 4) is 0 Å². The fourth-order valence-electron chi connectivity index (χ4n) is 1.66. The molecule has 2 aromatic rings. The van der Waals surface area contributed by atoms with Crippen LogP contribution in [0.1, 0.15) is 32.1 Å². The zero-order valence-electron chi connectivity index (χ0n) is 9.07. The van der Waals surface area contributed by atoms with Gasteiger partial charge in [0.15, 0.2) is 5.65 Å². The monoisotopic (exact) mass is 204 g/mol. The van der Waals surface area contributed by atoms with E-state index in [4.69, 9.17) is 5.73 Å². The molecular formula is C11H16N4. The van der Waals surface area contributed by atoms with Gasteiger partial charge in [0.25, 0.3) is 0 Å². The number of imidazole rings is 1. The SMILES string of the molecule is CC(C)CC(N)c1nc2ncccc2[nH]1. The van der Waals surface area contributed by atoms with Gasteiger partial charge in [-0.25, -0.2) is 9.97 Å². The molecule has 3 N–H and O–H groups in total. The van der Waals surface area contributed by atoms with E-state index in [1.54, 1.807) is 6.20 Å². The minimum Gasteiger partial charge on any atom is -0.339 e. The molecule has 4 heteroatoms. The number of aromatic nitrogens is 3. The van der Waals surface area contributed by atoms with E-state index in [0.717, 1.165) is 23.4 Å². The van der Waals surface area contributed by atoms with Gasteiger partial charge in [0.2, 0.25) is 0 Å². The molecule has 4 nitrogen and oxygen atoms in total. The van der Waals surface area contributed by atoms with Gasteiger partial charge in [-0.05, 0) is 24.5 Å². The number of hydrogen-bond donors (Lipinski definition) is 2. The molecule has 15 heavy (non-hydrogen) atoms. The second-order valence-electron chi connectivity index (χ2n) is 4.23. The van der Waals surface area contributed by atoms with Gasteiger partial charge < -0.3 is 10.7 Å². The molecule has 80 valence electrons. The molecule has 2 rings (SSSR count).